The van der Waals surface area contributed by atoms with Crippen molar-refractivity contribution in [3.63, 3.8) is 0 Å². The second-order valence-electron chi connectivity index (χ2n) is 7.08. The zero-order chi connectivity index (χ0) is 23.0. The molecule has 2 N–H and O–H groups in total. The molecule has 8 heteroatoms. The summed E-state index contributed by atoms with van der Waals surface area (Å²) in [6.07, 6.45) is 0. The van der Waals surface area contributed by atoms with Crippen LogP contribution in [0.3, 0.4) is 0 Å². The third-order valence-electron chi connectivity index (χ3n) is 5.14. The van der Waals surface area contributed by atoms with Gasteiger partial charge >= 0.3 is 5.97 Å². The van der Waals surface area contributed by atoms with Crippen molar-refractivity contribution in [1.82, 2.24) is 0 Å². The maximum Gasteiger partial charge on any atom is 0.335 e. The number of carboxylic acid groups (broad SMARTS) is 1. The normalized spacial score (nSPS) is 17.6. The summed E-state index contributed by atoms with van der Waals surface area (Å²) in [6.45, 7) is 0. The number of carbonyl (C=O) groups is 3. The minimum atomic E-state index is -1.12. The van der Waals surface area contributed by atoms with Gasteiger partial charge in [0.05, 0.1) is 17.2 Å². The Kier molecular flexibility index (Phi) is 5.74. The number of benzene rings is 3. The van der Waals surface area contributed by atoms with Gasteiger partial charge in [-0.1, -0.05) is 35.3 Å². The Bertz CT molecular complexity index is 1250. The van der Waals surface area contributed by atoms with Crippen molar-refractivity contribution < 1.29 is 24.6 Å². The Labute approximate surface area is 192 Å². The Morgan fingerprint density at radius 1 is 0.750 bits per heavy atom. The van der Waals surface area contributed by atoms with E-state index in [4.69, 9.17) is 28.3 Å². The van der Waals surface area contributed by atoms with E-state index < -0.39 is 23.7 Å². The van der Waals surface area contributed by atoms with E-state index >= 15 is 0 Å². The number of aliphatic hydroxyl groups excluding tert-OH is 1. The number of amides is 1. The fourth-order valence-electron chi connectivity index (χ4n) is 3.59. The summed E-state index contributed by atoms with van der Waals surface area (Å²) < 4.78 is 0. The smallest absolute Gasteiger partial charge is 0.335 e. The fourth-order valence-corrected chi connectivity index (χ4v) is 3.84. The largest absolute Gasteiger partial charge is 0.507 e. The third-order valence-corrected chi connectivity index (χ3v) is 5.64. The molecule has 0 aromatic heterocycles. The van der Waals surface area contributed by atoms with Crippen LogP contribution >= 0.6 is 23.2 Å². The van der Waals surface area contributed by atoms with Crippen molar-refractivity contribution in [2.45, 2.75) is 6.04 Å². The highest BCUT2D eigenvalue weighted by Gasteiger charge is 2.46. The standard InChI is InChI=1S/C24H15Cl2NO5/c25-16-7-1-13(2-8-16)20-19(21(28)14-3-9-17(26)10-4-14)22(29)23(30)27(20)18-11-5-15(6-12-18)24(31)32/h1-12,20,28H,(H,31,32)/b21-19-. The van der Waals surface area contributed by atoms with Gasteiger partial charge in [-0.2, -0.15) is 0 Å². The van der Waals surface area contributed by atoms with Gasteiger partial charge in [0.1, 0.15) is 5.76 Å². The summed E-state index contributed by atoms with van der Waals surface area (Å²) in [7, 11) is 0. The van der Waals surface area contributed by atoms with Gasteiger partial charge < -0.3 is 10.2 Å². The molecule has 1 aliphatic heterocycles. The fraction of sp³-hybridized carbons (Fsp3) is 0.0417. The third kappa shape index (κ3) is 3.86. The predicted molar refractivity (Wildman–Crippen MR) is 121 cm³/mol. The molecule has 1 unspecified atom stereocenters. The molecule has 0 saturated carbocycles. The van der Waals surface area contributed by atoms with Crippen LogP contribution in [-0.2, 0) is 9.59 Å². The molecule has 3 aromatic rings. The Balaban J connectivity index is 1.91. The summed E-state index contributed by atoms with van der Waals surface area (Å²) in [5, 5.41) is 21.1. The van der Waals surface area contributed by atoms with E-state index in [-0.39, 0.29) is 16.9 Å². The number of anilines is 1. The molecule has 4 rings (SSSR count). The lowest BCUT2D eigenvalue weighted by atomic mass is 9.95. The van der Waals surface area contributed by atoms with Crippen LogP contribution < -0.4 is 4.90 Å². The summed E-state index contributed by atoms with van der Waals surface area (Å²) in [5.74, 6) is -3.16. The number of hydrogen-bond donors (Lipinski definition) is 2. The maximum atomic E-state index is 13.0. The van der Waals surface area contributed by atoms with Gasteiger partial charge in [-0.05, 0) is 66.2 Å². The number of hydrogen-bond acceptors (Lipinski definition) is 4. The molecule has 1 amide bonds. The molecule has 0 radical (unpaired) electrons. The summed E-state index contributed by atoms with van der Waals surface area (Å²) in [4.78, 5) is 38.5. The summed E-state index contributed by atoms with van der Waals surface area (Å²) in [5.41, 5.74) is 1.13. The average Bonchev–Trinajstić information content (AvgIpc) is 3.05. The molecular formula is C24H15Cl2NO5. The molecule has 0 spiro atoms. The number of Topliss-reactive ketones (excluding diaryl/α,β-unsaturated/α-hetero) is 1. The van der Waals surface area contributed by atoms with Crippen molar-refractivity contribution in [3.05, 3.63) is 105 Å². The number of aliphatic hydroxyl groups is 1. The number of halogens is 2. The molecule has 160 valence electrons. The summed E-state index contributed by atoms with van der Waals surface area (Å²) in [6, 6.07) is 17.4. The number of rotatable bonds is 4. The topological polar surface area (TPSA) is 94.9 Å². The molecule has 1 atom stereocenters. The van der Waals surface area contributed by atoms with Gasteiger partial charge in [-0.25, -0.2) is 4.79 Å². The zero-order valence-electron chi connectivity index (χ0n) is 16.3. The van der Waals surface area contributed by atoms with Gasteiger partial charge in [0, 0.05) is 21.3 Å². The van der Waals surface area contributed by atoms with Gasteiger partial charge in [-0.15, -0.1) is 0 Å². The Hall–Kier alpha value is -3.61. The second kappa shape index (κ2) is 8.49. The SMILES string of the molecule is O=C1C(=O)N(c2ccc(C(=O)O)cc2)C(c2ccc(Cl)cc2)/C1=C(/O)c1ccc(Cl)cc1. The number of carboxylic acids is 1. The molecule has 0 aliphatic carbocycles. The van der Waals surface area contributed by atoms with Crippen LogP contribution in [0.15, 0.2) is 78.4 Å². The van der Waals surface area contributed by atoms with E-state index in [0.29, 0.717) is 26.9 Å². The monoisotopic (exact) mass is 467 g/mol. The minimum Gasteiger partial charge on any atom is -0.507 e. The van der Waals surface area contributed by atoms with E-state index in [1.807, 2.05) is 0 Å². The van der Waals surface area contributed by atoms with E-state index in [0.717, 1.165) is 0 Å². The Morgan fingerprint density at radius 2 is 1.25 bits per heavy atom. The maximum absolute atomic E-state index is 13.0. The van der Waals surface area contributed by atoms with E-state index in [1.54, 1.807) is 48.5 Å². The molecule has 1 heterocycles. The lowest BCUT2D eigenvalue weighted by Gasteiger charge is -2.25. The second-order valence-corrected chi connectivity index (χ2v) is 7.95. The molecule has 3 aromatic carbocycles. The van der Waals surface area contributed by atoms with Crippen LogP contribution in [0.25, 0.3) is 5.76 Å². The van der Waals surface area contributed by atoms with Crippen LogP contribution in [-0.4, -0.2) is 27.9 Å². The highest BCUT2D eigenvalue weighted by Crippen LogP contribution is 2.42. The first-order valence-electron chi connectivity index (χ1n) is 9.43. The highest BCUT2D eigenvalue weighted by molar-refractivity contribution is 6.51. The van der Waals surface area contributed by atoms with Crippen LogP contribution in [0.5, 0.6) is 0 Å². The molecule has 0 bridgehead atoms. The summed E-state index contributed by atoms with van der Waals surface area (Å²) >= 11 is 11.9. The van der Waals surface area contributed by atoms with Crippen LogP contribution in [0, 0.1) is 0 Å². The predicted octanol–water partition coefficient (Wildman–Crippen LogP) is 5.32. The number of ketones is 1. The molecule has 32 heavy (non-hydrogen) atoms. The first-order chi connectivity index (χ1) is 15.3. The van der Waals surface area contributed by atoms with Gasteiger partial charge in [0.2, 0.25) is 0 Å². The Morgan fingerprint density at radius 3 is 1.78 bits per heavy atom. The first kappa shape index (κ1) is 21.6. The minimum absolute atomic E-state index is 0.0366. The zero-order valence-corrected chi connectivity index (χ0v) is 17.8. The molecule has 1 aliphatic rings. The molecular weight excluding hydrogens is 453 g/mol. The van der Waals surface area contributed by atoms with Gasteiger partial charge in [-0.3, -0.25) is 14.5 Å². The number of nitrogens with zero attached hydrogens (tertiary/aromatic N) is 1. The van der Waals surface area contributed by atoms with Crippen LogP contribution in [0.2, 0.25) is 10.0 Å². The van der Waals surface area contributed by atoms with Gasteiger partial charge in [0.25, 0.3) is 11.7 Å². The lowest BCUT2D eigenvalue weighted by Crippen LogP contribution is -2.29. The van der Waals surface area contributed by atoms with Gasteiger partial charge in [0.15, 0.2) is 0 Å². The van der Waals surface area contributed by atoms with E-state index in [1.165, 1.54) is 29.2 Å². The van der Waals surface area contributed by atoms with E-state index in [9.17, 15) is 19.5 Å². The van der Waals surface area contributed by atoms with E-state index in [2.05, 4.69) is 0 Å². The number of aromatic carboxylic acids is 1. The van der Waals surface area contributed by atoms with Crippen LogP contribution in [0.4, 0.5) is 5.69 Å². The molecule has 1 saturated heterocycles. The van der Waals surface area contributed by atoms with Crippen molar-refractivity contribution >= 4 is 52.3 Å². The van der Waals surface area contributed by atoms with Crippen molar-refractivity contribution in [3.8, 4) is 0 Å². The van der Waals surface area contributed by atoms with Crippen LogP contribution in [0.1, 0.15) is 27.5 Å². The van der Waals surface area contributed by atoms with Crippen molar-refractivity contribution in [2.24, 2.45) is 0 Å². The molecule has 1 fully saturated rings. The number of carbonyl (C=O) groups excluding carboxylic acids is 2. The highest BCUT2D eigenvalue weighted by atomic mass is 35.5. The average molecular weight is 468 g/mol. The quantitative estimate of drug-likeness (QED) is 0.307. The lowest BCUT2D eigenvalue weighted by molar-refractivity contribution is -0.132. The van der Waals surface area contributed by atoms with Crippen molar-refractivity contribution in [2.75, 3.05) is 4.90 Å². The molecule has 6 nitrogen and oxygen atoms in total. The first-order valence-corrected chi connectivity index (χ1v) is 10.2. The van der Waals surface area contributed by atoms with Crippen molar-refractivity contribution in [1.29, 1.82) is 0 Å².